The molecule has 0 bridgehead atoms. The van der Waals surface area contributed by atoms with Gasteiger partial charge in [-0.3, -0.25) is 9.59 Å². The predicted molar refractivity (Wildman–Crippen MR) is 99.1 cm³/mol. The minimum atomic E-state index is -1.26. The molecule has 142 valence electrons. The van der Waals surface area contributed by atoms with Gasteiger partial charge in [0.2, 0.25) is 11.8 Å². The first kappa shape index (κ1) is 20.6. The van der Waals surface area contributed by atoms with E-state index in [4.69, 9.17) is 4.74 Å². The van der Waals surface area contributed by atoms with Crippen molar-refractivity contribution in [3.05, 3.63) is 34.3 Å². The molecule has 0 spiro atoms. The van der Waals surface area contributed by atoms with Crippen molar-refractivity contribution >= 4 is 33.8 Å². The van der Waals surface area contributed by atoms with Crippen LogP contribution < -0.4 is 0 Å². The molecule has 6 nitrogen and oxygen atoms in total. The fourth-order valence-electron chi connectivity index (χ4n) is 2.93. The Kier molecular flexibility index (Phi) is 5.92. The van der Waals surface area contributed by atoms with Crippen LogP contribution in [0.15, 0.2) is 28.7 Å². The number of benzene rings is 1. The van der Waals surface area contributed by atoms with Crippen molar-refractivity contribution in [1.82, 2.24) is 4.90 Å². The van der Waals surface area contributed by atoms with Crippen LogP contribution in [0.1, 0.15) is 52.5 Å². The second kappa shape index (κ2) is 7.48. The maximum absolute atomic E-state index is 12.7. The fourth-order valence-corrected chi connectivity index (χ4v) is 3.20. The molecule has 1 aliphatic rings. The first-order chi connectivity index (χ1) is 11.9. The number of hydrogen-bond acceptors (Lipinski definition) is 5. The van der Waals surface area contributed by atoms with Crippen molar-refractivity contribution in [1.29, 1.82) is 0 Å². The highest BCUT2D eigenvalue weighted by Crippen LogP contribution is 2.34. The highest BCUT2D eigenvalue weighted by molar-refractivity contribution is 9.10. The van der Waals surface area contributed by atoms with Crippen LogP contribution in [0.3, 0.4) is 0 Å². The Balaban J connectivity index is 2.17. The van der Waals surface area contributed by atoms with E-state index in [9.17, 15) is 19.5 Å². The second-order valence-electron chi connectivity index (χ2n) is 7.77. The number of ether oxygens (including phenoxy) is 1. The van der Waals surface area contributed by atoms with Gasteiger partial charge in [0.05, 0.1) is 5.60 Å². The quantitative estimate of drug-likeness (QED) is 0.745. The molecule has 3 amide bonds. The number of hydrogen-bond donors (Lipinski definition) is 1. The number of carbonyl (C=O) groups excluding carboxylic acids is 3. The molecule has 1 aliphatic heterocycles. The van der Waals surface area contributed by atoms with Crippen LogP contribution in [0.4, 0.5) is 4.79 Å². The van der Waals surface area contributed by atoms with Gasteiger partial charge in [-0.2, -0.15) is 4.90 Å². The summed E-state index contributed by atoms with van der Waals surface area (Å²) in [6.07, 6.45) is -0.490. The average Bonchev–Trinajstić information content (AvgIpc) is 2.49. The number of carbonyl (C=O) groups is 3. The molecule has 26 heavy (non-hydrogen) atoms. The molecule has 2 atom stereocenters. The molecule has 1 N–H and O–H groups in total. The van der Waals surface area contributed by atoms with E-state index < -0.39 is 35.0 Å². The van der Waals surface area contributed by atoms with E-state index in [1.807, 2.05) is 12.1 Å². The van der Waals surface area contributed by atoms with Crippen LogP contribution in [-0.2, 0) is 19.9 Å². The lowest BCUT2D eigenvalue weighted by Crippen LogP contribution is -2.51. The Morgan fingerprint density at radius 1 is 1.23 bits per heavy atom. The van der Waals surface area contributed by atoms with Gasteiger partial charge in [-0.1, -0.05) is 28.1 Å². The van der Waals surface area contributed by atoms with E-state index in [1.165, 1.54) is 0 Å². The van der Waals surface area contributed by atoms with Crippen molar-refractivity contribution in [2.24, 2.45) is 5.92 Å². The molecule has 0 aromatic heterocycles. The van der Waals surface area contributed by atoms with Crippen LogP contribution in [0.25, 0.3) is 0 Å². The zero-order valence-electron chi connectivity index (χ0n) is 15.4. The maximum atomic E-state index is 12.7. The number of nitrogens with zero attached hydrogens (tertiary/aromatic N) is 1. The van der Waals surface area contributed by atoms with Gasteiger partial charge in [0.25, 0.3) is 0 Å². The summed E-state index contributed by atoms with van der Waals surface area (Å²) >= 11 is 3.34. The number of aliphatic hydroxyl groups is 1. The minimum Gasteiger partial charge on any atom is -0.443 e. The fraction of sp³-hybridized carbons (Fsp3) is 0.526. The van der Waals surface area contributed by atoms with Crippen molar-refractivity contribution in [3.63, 3.8) is 0 Å². The Labute approximate surface area is 161 Å². The zero-order chi connectivity index (χ0) is 19.7. The molecule has 0 saturated carbocycles. The lowest BCUT2D eigenvalue weighted by molar-refractivity contribution is -0.152. The maximum Gasteiger partial charge on any atom is 0.424 e. The first-order valence-electron chi connectivity index (χ1n) is 8.49. The Hall–Kier alpha value is -1.73. The van der Waals surface area contributed by atoms with Crippen molar-refractivity contribution < 1.29 is 24.2 Å². The van der Waals surface area contributed by atoms with Gasteiger partial charge in [-0.05, 0) is 58.2 Å². The molecule has 0 radical (unpaired) electrons. The summed E-state index contributed by atoms with van der Waals surface area (Å²) in [6.45, 7) is 6.62. The summed E-state index contributed by atoms with van der Waals surface area (Å²) in [5.74, 6) is -1.82. The molecule has 1 fully saturated rings. The lowest BCUT2D eigenvalue weighted by Gasteiger charge is -2.34. The molecule has 2 unspecified atom stereocenters. The van der Waals surface area contributed by atoms with Crippen molar-refractivity contribution in [2.45, 2.75) is 58.2 Å². The Morgan fingerprint density at radius 3 is 2.35 bits per heavy atom. The summed E-state index contributed by atoms with van der Waals surface area (Å²) in [6, 6.07) is 7.16. The van der Waals surface area contributed by atoms with Gasteiger partial charge in [-0.15, -0.1) is 0 Å². The van der Waals surface area contributed by atoms with E-state index in [0.29, 0.717) is 16.9 Å². The van der Waals surface area contributed by atoms with Gasteiger partial charge in [-0.25, -0.2) is 4.79 Å². The third kappa shape index (κ3) is 4.92. The third-order valence-corrected chi connectivity index (χ3v) is 4.74. The van der Waals surface area contributed by atoms with Crippen molar-refractivity contribution in [3.8, 4) is 0 Å². The number of halogens is 1. The van der Waals surface area contributed by atoms with Crippen LogP contribution in [-0.4, -0.2) is 33.5 Å². The Morgan fingerprint density at radius 2 is 1.81 bits per heavy atom. The number of piperidine rings is 1. The summed E-state index contributed by atoms with van der Waals surface area (Å²) in [4.78, 5) is 37.6. The summed E-state index contributed by atoms with van der Waals surface area (Å²) in [5.41, 5.74) is -1.41. The van der Waals surface area contributed by atoms with Crippen molar-refractivity contribution in [2.75, 3.05) is 0 Å². The van der Waals surface area contributed by atoms with Gasteiger partial charge < -0.3 is 9.84 Å². The minimum absolute atomic E-state index is 0.0616. The van der Waals surface area contributed by atoms with Gasteiger partial charge in [0, 0.05) is 16.8 Å². The van der Waals surface area contributed by atoms with E-state index in [-0.39, 0.29) is 12.8 Å². The highest BCUT2D eigenvalue weighted by Gasteiger charge is 2.43. The molecule has 2 rings (SSSR count). The van der Waals surface area contributed by atoms with Gasteiger partial charge >= 0.3 is 6.09 Å². The standard InChI is InChI=1S/C19H24BrNO5/c1-18(2,3)26-17(24)21-15(22)10-5-12(16(21)23)11-19(4,25)13-6-8-14(20)9-7-13/h6-9,12,25H,5,10-11H2,1-4H3. The predicted octanol–water partition coefficient (Wildman–Crippen LogP) is 3.75. The van der Waals surface area contributed by atoms with E-state index >= 15 is 0 Å². The van der Waals surface area contributed by atoms with E-state index in [1.54, 1.807) is 39.8 Å². The lowest BCUT2D eigenvalue weighted by atomic mass is 9.82. The zero-order valence-corrected chi connectivity index (χ0v) is 17.0. The molecule has 1 aromatic rings. The smallest absolute Gasteiger partial charge is 0.424 e. The monoisotopic (exact) mass is 425 g/mol. The number of likely N-dealkylation sites (tertiary alicyclic amines) is 1. The molecule has 1 heterocycles. The van der Waals surface area contributed by atoms with E-state index in [2.05, 4.69) is 15.9 Å². The van der Waals surface area contributed by atoms with Crippen LogP contribution in [0.2, 0.25) is 0 Å². The van der Waals surface area contributed by atoms with Crippen LogP contribution in [0.5, 0.6) is 0 Å². The largest absolute Gasteiger partial charge is 0.443 e. The van der Waals surface area contributed by atoms with Gasteiger partial charge in [0.15, 0.2) is 0 Å². The van der Waals surface area contributed by atoms with Gasteiger partial charge in [0.1, 0.15) is 5.60 Å². The molecule has 1 saturated heterocycles. The molecular formula is C19H24BrNO5. The van der Waals surface area contributed by atoms with Crippen LogP contribution in [0, 0.1) is 5.92 Å². The highest BCUT2D eigenvalue weighted by atomic mass is 79.9. The molecule has 1 aromatic carbocycles. The summed E-state index contributed by atoms with van der Waals surface area (Å²) < 4.78 is 6.05. The topological polar surface area (TPSA) is 83.9 Å². The number of rotatable bonds is 3. The molecular weight excluding hydrogens is 402 g/mol. The normalized spacial score (nSPS) is 20.7. The second-order valence-corrected chi connectivity index (χ2v) is 8.68. The third-order valence-electron chi connectivity index (χ3n) is 4.21. The number of amides is 3. The average molecular weight is 426 g/mol. The summed E-state index contributed by atoms with van der Waals surface area (Å²) in [7, 11) is 0. The Bertz CT molecular complexity index is 706. The first-order valence-corrected chi connectivity index (χ1v) is 9.28. The molecule has 0 aliphatic carbocycles. The summed E-state index contributed by atoms with van der Waals surface area (Å²) in [5, 5.41) is 10.8. The van der Waals surface area contributed by atoms with E-state index in [0.717, 1.165) is 4.47 Å². The molecule has 7 heteroatoms. The SMILES string of the molecule is CC(C)(C)OC(=O)N1C(=O)CCC(CC(C)(O)c2ccc(Br)cc2)C1=O. The number of imide groups is 3. The van der Waals surface area contributed by atoms with Crippen LogP contribution >= 0.6 is 15.9 Å².